The molecule has 1 amide bonds. The van der Waals surface area contributed by atoms with E-state index in [0.29, 0.717) is 6.42 Å². The van der Waals surface area contributed by atoms with E-state index >= 15 is 0 Å². The van der Waals surface area contributed by atoms with E-state index in [1.165, 1.54) is 11.6 Å². The Kier molecular flexibility index (Phi) is 1.77. The molecule has 3 nitrogen and oxygen atoms in total. The molecule has 2 heterocycles. The van der Waals surface area contributed by atoms with Crippen molar-refractivity contribution in [1.29, 1.82) is 0 Å². The molecular weight excluding hydrogens is 231 g/mol. The molecule has 0 unspecified atom stereocenters. The monoisotopic (exact) mass is 242 g/mol. The fourth-order valence-electron chi connectivity index (χ4n) is 2.99. The second-order valence-electron chi connectivity index (χ2n) is 4.86. The van der Waals surface area contributed by atoms with Gasteiger partial charge in [-0.2, -0.15) is 0 Å². The normalized spacial score (nSPS) is 15.9. The van der Waals surface area contributed by atoms with Crippen LogP contribution in [0, 0.1) is 5.82 Å². The molecule has 90 valence electrons. The van der Waals surface area contributed by atoms with Gasteiger partial charge in [-0.3, -0.25) is 14.9 Å². The van der Waals surface area contributed by atoms with Crippen molar-refractivity contribution in [1.82, 2.24) is 4.68 Å². The molecule has 1 aromatic heterocycles. The molecule has 4 heteroatoms. The molecule has 1 N–H and O–H groups in total. The highest BCUT2D eigenvalue weighted by molar-refractivity contribution is 5.92. The van der Waals surface area contributed by atoms with E-state index < -0.39 is 0 Å². The van der Waals surface area contributed by atoms with Crippen molar-refractivity contribution in [2.75, 3.05) is 5.43 Å². The maximum Gasteiger partial charge on any atom is 0.244 e. The molecule has 0 atom stereocenters. The molecule has 0 saturated heterocycles. The fourth-order valence-corrected chi connectivity index (χ4v) is 2.99. The summed E-state index contributed by atoms with van der Waals surface area (Å²) in [7, 11) is 0. The summed E-state index contributed by atoms with van der Waals surface area (Å²) in [5.41, 5.74) is 8.10. The van der Waals surface area contributed by atoms with E-state index in [9.17, 15) is 9.18 Å². The van der Waals surface area contributed by atoms with Gasteiger partial charge in [-0.15, -0.1) is 0 Å². The van der Waals surface area contributed by atoms with Crippen LogP contribution in [0.2, 0.25) is 0 Å². The smallest absolute Gasteiger partial charge is 0.244 e. The van der Waals surface area contributed by atoms with E-state index in [-0.39, 0.29) is 11.7 Å². The standard InChI is InChI=1S/C14H11FN2O/c15-10-4-3-8-1-2-9-7-17-12(6-13(18)16-17)14(9)11(8)5-10/h3-5,7H,1-2,6H2,(H,16,18). The highest BCUT2D eigenvalue weighted by Crippen LogP contribution is 2.38. The van der Waals surface area contributed by atoms with Crippen molar-refractivity contribution in [3.05, 3.63) is 47.0 Å². The first-order chi connectivity index (χ1) is 8.72. The predicted molar refractivity (Wildman–Crippen MR) is 65.3 cm³/mol. The average Bonchev–Trinajstić information content (AvgIpc) is 2.84. The lowest BCUT2D eigenvalue weighted by atomic mass is 9.86. The molecule has 1 aliphatic carbocycles. The molecule has 2 aliphatic rings. The van der Waals surface area contributed by atoms with Gasteiger partial charge < -0.3 is 0 Å². The minimum atomic E-state index is -0.223. The lowest BCUT2D eigenvalue weighted by Gasteiger charge is -2.17. The van der Waals surface area contributed by atoms with Crippen molar-refractivity contribution >= 4 is 5.91 Å². The van der Waals surface area contributed by atoms with Gasteiger partial charge in [0.2, 0.25) is 5.91 Å². The van der Waals surface area contributed by atoms with Crippen LogP contribution in [0.1, 0.15) is 16.8 Å². The summed E-state index contributed by atoms with van der Waals surface area (Å²) < 4.78 is 15.2. The van der Waals surface area contributed by atoms with Crippen LogP contribution in [-0.4, -0.2) is 10.6 Å². The zero-order valence-electron chi connectivity index (χ0n) is 9.66. The second-order valence-corrected chi connectivity index (χ2v) is 4.86. The number of hydrogen-bond acceptors (Lipinski definition) is 1. The summed E-state index contributed by atoms with van der Waals surface area (Å²) in [6, 6.07) is 4.93. The number of nitrogens with one attached hydrogen (secondary N) is 1. The van der Waals surface area contributed by atoms with Gasteiger partial charge in [0.25, 0.3) is 0 Å². The summed E-state index contributed by atoms with van der Waals surface area (Å²) in [4.78, 5) is 11.4. The fraction of sp³-hybridized carbons (Fsp3) is 0.214. The summed E-state index contributed by atoms with van der Waals surface area (Å²) in [6.07, 6.45) is 4.22. The number of fused-ring (bicyclic) bond motifs is 5. The Bertz CT molecular complexity index is 687. The number of nitrogens with zero attached hydrogens (tertiary/aromatic N) is 1. The van der Waals surface area contributed by atoms with E-state index in [1.54, 1.807) is 10.7 Å². The van der Waals surface area contributed by atoms with Crippen LogP contribution in [0.3, 0.4) is 0 Å². The largest absolute Gasteiger partial charge is 0.273 e. The SMILES string of the molecule is O=C1Cc2c3c(cn2N1)CCc1ccc(F)cc1-3. The quantitative estimate of drug-likeness (QED) is 0.753. The second kappa shape index (κ2) is 3.22. The Morgan fingerprint density at radius 3 is 2.94 bits per heavy atom. The van der Waals surface area contributed by atoms with Gasteiger partial charge in [0.05, 0.1) is 12.1 Å². The number of carbonyl (C=O) groups is 1. The van der Waals surface area contributed by atoms with Gasteiger partial charge in [0.1, 0.15) is 5.82 Å². The van der Waals surface area contributed by atoms with Crippen molar-refractivity contribution in [3.8, 4) is 11.1 Å². The van der Waals surface area contributed by atoms with Gasteiger partial charge >= 0.3 is 0 Å². The summed E-state index contributed by atoms with van der Waals surface area (Å²) in [5.74, 6) is -0.227. The topological polar surface area (TPSA) is 34.0 Å². The van der Waals surface area contributed by atoms with Crippen LogP contribution in [0.5, 0.6) is 0 Å². The lowest BCUT2D eigenvalue weighted by molar-refractivity contribution is -0.115. The molecule has 0 radical (unpaired) electrons. The first-order valence-electron chi connectivity index (χ1n) is 6.04. The van der Waals surface area contributed by atoms with Crippen molar-refractivity contribution in [3.63, 3.8) is 0 Å². The van der Waals surface area contributed by atoms with Crippen molar-refractivity contribution in [2.24, 2.45) is 0 Å². The van der Waals surface area contributed by atoms with Gasteiger partial charge in [-0.1, -0.05) is 6.07 Å². The van der Waals surface area contributed by atoms with E-state index in [0.717, 1.165) is 35.2 Å². The Morgan fingerprint density at radius 2 is 2.06 bits per heavy atom. The summed E-state index contributed by atoms with van der Waals surface area (Å²) in [6.45, 7) is 0. The van der Waals surface area contributed by atoms with Gasteiger partial charge in [0, 0.05) is 11.8 Å². The van der Waals surface area contributed by atoms with Crippen LogP contribution in [0.4, 0.5) is 4.39 Å². The molecule has 1 aromatic carbocycles. The van der Waals surface area contributed by atoms with Gasteiger partial charge in [0.15, 0.2) is 0 Å². The van der Waals surface area contributed by atoms with Crippen molar-refractivity contribution in [2.45, 2.75) is 19.3 Å². The third-order valence-corrected chi connectivity index (χ3v) is 3.76. The Balaban J connectivity index is 2.00. The average molecular weight is 242 g/mol. The number of aromatic nitrogens is 1. The van der Waals surface area contributed by atoms with Crippen LogP contribution in [0.15, 0.2) is 24.4 Å². The number of carbonyl (C=O) groups excluding carboxylic acids is 1. The molecule has 1 aliphatic heterocycles. The summed E-state index contributed by atoms with van der Waals surface area (Å²) >= 11 is 0. The van der Waals surface area contributed by atoms with Crippen LogP contribution in [-0.2, 0) is 24.1 Å². The molecule has 2 aromatic rings. The Morgan fingerprint density at radius 1 is 1.22 bits per heavy atom. The lowest BCUT2D eigenvalue weighted by Crippen LogP contribution is -2.13. The molecular formula is C14H11FN2O. The summed E-state index contributed by atoms with van der Waals surface area (Å²) in [5, 5.41) is 0. The highest BCUT2D eigenvalue weighted by atomic mass is 19.1. The third kappa shape index (κ3) is 1.20. The van der Waals surface area contributed by atoms with Crippen LogP contribution < -0.4 is 5.43 Å². The number of halogens is 1. The maximum absolute atomic E-state index is 13.4. The molecule has 0 saturated carbocycles. The molecule has 4 rings (SSSR count). The highest BCUT2D eigenvalue weighted by Gasteiger charge is 2.28. The molecule has 18 heavy (non-hydrogen) atoms. The van der Waals surface area contributed by atoms with E-state index in [4.69, 9.17) is 0 Å². The van der Waals surface area contributed by atoms with E-state index in [2.05, 4.69) is 5.43 Å². The first kappa shape index (κ1) is 9.88. The zero-order chi connectivity index (χ0) is 12.3. The Labute approximate surface area is 103 Å². The number of rotatable bonds is 0. The zero-order valence-corrected chi connectivity index (χ0v) is 9.66. The number of amides is 1. The van der Waals surface area contributed by atoms with Crippen LogP contribution >= 0.6 is 0 Å². The minimum Gasteiger partial charge on any atom is -0.273 e. The molecule has 0 bridgehead atoms. The van der Waals surface area contributed by atoms with Gasteiger partial charge in [-0.25, -0.2) is 4.39 Å². The minimum absolute atomic E-state index is 0.00340. The third-order valence-electron chi connectivity index (χ3n) is 3.76. The number of benzene rings is 1. The molecule has 0 spiro atoms. The maximum atomic E-state index is 13.4. The van der Waals surface area contributed by atoms with Crippen molar-refractivity contribution < 1.29 is 9.18 Å². The number of hydrogen-bond donors (Lipinski definition) is 1. The predicted octanol–water partition coefficient (Wildman–Crippen LogP) is 2.02. The van der Waals surface area contributed by atoms with Gasteiger partial charge in [-0.05, 0) is 41.7 Å². The first-order valence-corrected chi connectivity index (χ1v) is 6.04. The number of aryl methyl sites for hydroxylation is 2. The molecule has 0 fully saturated rings. The van der Waals surface area contributed by atoms with E-state index in [1.807, 2.05) is 12.3 Å². The van der Waals surface area contributed by atoms with Crippen LogP contribution in [0.25, 0.3) is 11.1 Å². The Hall–Kier alpha value is -2.10.